The van der Waals surface area contributed by atoms with Crippen LogP contribution in [0.4, 0.5) is 0 Å². The maximum atomic E-state index is 3.81. The minimum Gasteiger partial charge on any atom is -0.102 e. The van der Waals surface area contributed by atoms with E-state index in [2.05, 4.69) is 35.2 Å². The van der Waals surface area contributed by atoms with Crippen molar-refractivity contribution in [1.29, 1.82) is 0 Å². The van der Waals surface area contributed by atoms with Crippen molar-refractivity contribution in [2.75, 3.05) is 0 Å². The van der Waals surface area contributed by atoms with Crippen LogP contribution in [-0.2, 0) is 0 Å². The molecule has 0 spiro atoms. The van der Waals surface area contributed by atoms with Crippen LogP contribution in [0.25, 0.3) is 0 Å². The van der Waals surface area contributed by atoms with Crippen LogP contribution in [0.1, 0.15) is 25.7 Å². The third-order valence-corrected chi connectivity index (χ3v) is 3.32. The molecule has 1 fully saturated rings. The molecule has 0 aromatic carbocycles. The van der Waals surface area contributed by atoms with E-state index < -0.39 is 0 Å². The zero-order valence-electron chi connectivity index (χ0n) is 4.99. The van der Waals surface area contributed by atoms with Gasteiger partial charge in [-0.05, 0) is 12.8 Å². The van der Waals surface area contributed by atoms with E-state index in [0.29, 0.717) is 3.42 Å². The summed E-state index contributed by atoms with van der Waals surface area (Å²) < 4.78 is 0.470. The van der Waals surface area contributed by atoms with Crippen LogP contribution in [0.15, 0.2) is 12.7 Å². The van der Waals surface area contributed by atoms with Gasteiger partial charge in [0.2, 0.25) is 0 Å². The highest BCUT2D eigenvalue weighted by atomic mass is 127. The second kappa shape index (κ2) is 2.38. The Kier molecular flexibility index (Phi) is 1.96. The van der Waals surface area contributed by atoms with Crippen molar-refractivity contribution in [3.05, 3.63) is 12.7 Å². The summed E-state index contributed by atoms with van der Waals surface area (Å²) in [5.74, 6) is 0. The van der Waals surface area contributed by atoms with Gasteiger partial charge in [0.05, 0.1) is 0 Å². The molecule has 1 heteroatoms. The summed E-state index contributed by atoms with van der Waals surface area (Å²) in [6.07, 6.45) is 7.58. The van der Waals surface area contributed by atoms with Gasteiger partial charge in [0.25, 0.3) is 0 Å². The first-order chi connectivity index (χ1) is 3.77. The fourth-order valence-electron chi connectivity index (χ4n) is 1.17. The Morgan fingerprint density at radius 1 is 1.38 bits per heavy atom. The van der Waals surface area contributed by atoms with Crippen molar-refractivity contribution in [2.24, 2.45) is 0 Å². The molecule has 0 aromatic heterocycles. The summed E-state index contributed by atoms with van der Waals surface area (Å²) in [5.41, 5.74) is 0. The Balaban J connectivity index is 2.52. The van der Waals surface area contributed by atoms with E-state index in [1.165, 1.54) is 25.7 Å². The van der Waals surface area contributed by atoms with Crippen molar-refractivity contribution in [3.8, 4) is 0 Å². The number of allylic oxidation sites excluding steroid dienone is 1. The molecule has 8 heavy (non-hydrogen) atoms. The minimum absolute atomic E-state index is 0.470. The summed E-state index contributed by atoms with van der Waals surface area (Å²) in [7, 11) is 0. The van der Waals surface area contributed by atoms with E-state index in [1.54, 1.807) is 0 Å². The molecule has 1 aliphatic carbocycles. The Labute approximate surface area is 64.5 Å². The lowest BCUT2D eigenvalue weighted by molar-refractivity contribution is 0.784. The second-order valence-electron chi connectivity index (χ2n) is 2.45. The molecule has 0 aromatic rings. The molecule has 0 saturated heterocycles. The smallest absolute Gasteiger partial charge is 0.0398 e. The van der Waals surface area contributed by atoms with Crippen LogP contribution in [0.3, 0.4) is 0 Å². The topological polar surface area (TPSA) is 0 Å². The Morgan fingerprint density at radius 2 is 1.88 bits per heavy atom. The fraction of sp³-hybridized carbons (Fsp3) is 0.714. The van der Waals surface area contributed by atoms with Crippen LogP contribution in [0, 0.1) is 0 Å². The quantitative estimate of drug-likeness (QED) is 0.363. The van der Waals surface area contributed by atoms with Gasteiger partial charge in [0, 0.05) is 3.42 Å². The predicted octanol–water partition coefficient (Wildman–Crippen LogP) is 2.92. The summed E-state index contributed by atoms with van der Waals surface area (Å²) in [4.78, 5) is 0. The highest BCUT2D eigenvalue weighted by molar-refractivity contribution is 14.1. The molecule has 46 valence electrons. The van der Waals surface area contributed by atoms with Crippen molar-refractivity contribution in [3.63, 3.8) is 0 Å². The highest BCUT2D eigenvalue weighted by Crippen LogP contribution is 2.38. The number of alkyl halides is 1. The van der Waals surface area contributed by atoms with E-state index >= 15 is 0 Å². The molecule has 0 bridgehead atoms. The summed E-state index contributed by atoms with van der Waals surface area (Å²) >= 11 is 2.51. The van der Waals surface area contributed by atoms with Crippen molar-refractivity contribution >= 4 is 22.6 Å². The van der Waals surface area contributed by atoms with E-state index in [9.17, 15) is 0 Å². The summed E-state index contributed by atoms with van der Waals surface area (Å²) in [6.45, 7) is 3.81. The normalized spacial score (nSPS) is 25.6. The Bertz CT molecular complexity index is 90.6. The van der Waals surface area contributed by atoms with Gasteiger partial charge in [-0.25, -0.2) is 0 Å². The summed E-state index contributed by atoms with van der Waals surface area (Å²) in [5, 5.41) is 0. The van der Waals surface area contributed by atoms with Crippen LogP contribution < -0.4 is 0 Å². The third kappa shape index (κ3) is 1.24. The zero-order valence-corrected chi connectivity index (χ0v) is 7.15. The minimum atomic E-state index is 0.470. The maximum Gasteiger partial charge on any atom is 0.0398 e. The monoisotopic (exact) mass is 222 g/mol. The van der Waals surface area contributed by atoms with Crippen molar-refractivity contribution in [1.82, 2.24) is 0 Å². The lowest BCUT2D eigenvalue weighted by Gasteiger charge is -2.13. The average molecular weight is 222 g/mol. The molecule has 0 amide bonds. The molecule has 0 aliphatic heterocycles. The van der Waals surface area contributed by atoms with Crippen LogP contribution >= 0.6 is 22.6 Å². The molecule has 0 heterocycles. The Hall–Kier alpha value is 0.470. The van der Waals surface area contributed by atoms with Gasteiger partial charge < -0.3 is 0 Å². The van der Waals surface area contributed by atoms with Gasteiger partial charge in [-0.15, -0.1) is 6.58 Å². The lowest BCUT2D eigenvalue weighted by Crippen LogP contribution is -2.08. The predicted molar refractivity (Wildman–Crippen MR) is 45.4 cm³/mol. The van der Waals surface area contributed by atoms with Gasteiger partial charge >= 0.3 is 0 Å². The van der Waals surface area contributed by atoms with Gasteiger partial charge in [0.15, 0.2) is 0 Å². The summed E-state index contributed by atoms with van der Waals surface area (Å²) in [6, 6.07) is 0. The molecular formula is C7H11I. The van der Waals surface area contributed by atoms with E-state index in [-0.39, 0.29) is 0 Å². The highest BCUT2D eigenvalue weighted by Gasteiger charge is 2.26. The zero-order chi connectivity index (χ0) is 6.04. The number of hydrogen-bond acceptors (Lipinski definition) is 0. The molecule has 1 saturated carbocycles. The second-order valence-corrected chi connectivity index (χ2v) is 4.59. The third-order valence-electron chi connectivity index (χ3n) is 1.80. The van der Waals surface area contributed by atoms with Crippen molar-refractivity contribution < 1.29 is 0 Å². The number of halogens is 1. The van der Waals surface area contributed by atoms with Gasteiger partial charge in [-0.3, -0.25) is 0 Å². The molecule has 0 atom stereocenters. The molecule has 0 N–H and O–H groups in total. The first-order valence-electron chi connectivity index (χ1n) is 3.09. The average Bonchev–Trinajstić information content (AvgIpc) is 2.17. The number of hydrogen-bond donors (Lipinski definition) is 0. The van der Waals surface area contributed by atoms with Gasteiger partial charge in [-0.1, -0.05) is 41.5 Å². The van der Waals surface area contributed by atoms with E-state index in [4.69, 9.17) is 0 Å². The number of rotatable bonds is 1. The molecule has 0 nitrogen and oxygen atoms in total. The maximum absolute atomic E-state index is 3.81. The van der Waals surface area contributed by atoms with Crippen LogP contribution in [0.5, 0.6) is 0 Å². The molecule has 0 unspecified atom stereocenters. The van der Waals surface area contributed by atoms with Crippen LogP contribution in [-0.4, -0.2) is 3.42 Å². The standard InChI is InChI=1S/C7H11I/c1-2-7(8)5-3-4-6-7/h2H,1,3-6H2. The Morgan fingerprint density at radius 3 is 2.12 bits per heavy atom. The van der Waals surface area contributed by atoms with Gasteiger partial charge in [-0.2, -0.15) is 0 Å². The molecular weight excluding hydrogens is 211 g/mol. The first kappa shape index (κ1) is 6.59. The lowest BCUT2D eigenvalue weighted by atomic mass is 10.1. The first-order valence-corrected chi connectivity index (χ1v) is 4.17. The molecule has 1 rings (SSSR count). The van der Waals surface area contributed by atoms with E-state index in [1.807, 2.05) is 0 Å². The molecule has 1 aliphatic rings. The largest absolute Gasteiger partial charge is 0.102 e. The van der Waals surface area contributed by atoms with Gasteiger partial charge in [0.1, 0.15) is 0 Å². The molecule has 0 radical (unpaired) electrons. The van der Waals surface area contributed by atoms with E-state index in [0.717, 1.165) is 0 Å². The fourth-order valence-corrected chi connectivity index (χ4v) is 1.93. The van der Waals surface area contributed by atoms with Crippen molar-refractivity contribution in [2.45, 2.75) is 29.1 Å². The van der Waals surface area contributed by atoms with Crippen LogP contribution in [0.2, 0.25) is 0 Å². The SMILES string of the molecule is C=CC1(I)CCCC1.